The summed E-state index contributed by atoms with van der Waals surface area (Å²) < 4.78 is 10.5. The Labute approximate surface area is 122 Å². The third-order valence-corrected chi connectivity index (χ3v) is 3.27. The van der Waals surface area contributed by atoms with Crippen LogP contribution in [0.3, 0.4) is 0 Å². The fourth-order valence-electron chi connectivity index (χ4n) is 2.06. The maximum absolute atomic E-state index is 5.81. The summed E-state index contributed by atoms with van der Waals surface area (Å²) in [5.41, 5.74) is 9.23. The molecule has 0 aliphatic rings. The average molecular weight is 281 g/mol. The molecule has 0 aliphatic heterocycles. The molecule has 0 amide bonds. The van der Waals surface area contributed by atoms with Crippen LogP contribution in [0.5, 0.6) is 5.75 Å². The van der Waals surface area contributed by atoms with E-state index in [0.717, 1.165) is 22.4 Å². The lowest BCUT2D eigenvalue weighted by molar-refractivity contribution is 0.415. The minimum Gasteiger partial charge on any atom is -0.497 e. The van der Waals surface area contributed by atoms with E-state index in [1.165, 1.54) is 0 Å². The summed E-state index contributed by atoms with van der Waals surface area (Å²) in [5, 5.41) is 4.02. The number of ether oxygens (including phenoxy) is 1. The van der Waals surface area contributed by atoms with Crippen molar-refractivity contribution in [2.75, 3.05) is 12.8 Å². The van der Waals surface area contributed by atoms with Crippen molar-refractivity contribution in [1.82, 2.24) is 10.1 Å². The van der Waals surface area contributed by atoms with Crippen molar-refractivity contribution in [3.63, 3.8) is 0 Å². The summed E-state index contributed by atoms with van der Waals surface area (Å²) in [6.45, 7) is 1.98. The van der Waals surface area contributed by atoms with E-state index in [1.807, 2.05) is 49.4 Å². The highest BCUT2D eigenvalue weighted by atomic mass is 16.5. The molecule has 0 bridgehead atoms. The van der Waals surface area contributed by atoms with Crippen LogP contribution in [0.15, 0.2) is 47.0 Å². The van der Waals surface area contributed by atoms with Crippen molar-refractivity contribution in [2.24, 2.45) is 0 Å². The van der Waals surface area contributed by atoms with E-state index in [1.54, 1.807) is 7.11 Å². The molecule has 5 nitrogen and oxygen atoms in total. The van der Waals surface area contributed by atoms with Gasteiger partial charge in [-0.25, -0.2) is 0 Å². The number of hydrogen-bond donors (Lipinski definition) is 1. The molecule has 0 aliphatic carbocycles. The fraction of sp³-hybridized carbons (Fsp3) is 0.125. The van der Waals surface area contributed by atoms with Crippen LogP contribution in [0.2, 0.25) is 0 Å². The van der Waals surface area contributed by atoms with Gasteiger partial charge in [0.2, 0.25) is 5.82 Å². The maximum atomic E-state index is 5.81. The lowest BCUT2D eigenvalue weighted by atomic mass is 10.1. The Kier molecular flexibility index (Phi) is 3.31. The second-order valence-corrected chi connectivity index (χ2v) is 4.73. The molecule has 5 heteroatoms. The highest BCUT2D eigenvalue weighted by molar-refractivity contribution is 5.66. The van der Waals surface area contributed by atoms with Gasteiger partial charge in [-0.15, -0.1) is 0 Å². The molecule has 2 N–H and O–H groups in total. The molecule has 0 atom stereocenters. The van der Waals surface area contributed by atoms with Crippen LogP contribution >= 0.6 is 0 Å². The van der Waals surface area contributed by atoms with Gasteiger partial charge in [0, 0.05) is 16.8 Å². The number of hydrogen-bond acceptors (Lipinski definition) is 5. The highest BCUT2D eigenvalue weighted by Crippen LogP contribution is 2.27. The zero-order valence-corrected chi connectivity index (χ0v) is 11.8. The van der Waals surface area contributed by atoms with Gasteiger partial charge in [0.25, 0.3) is 5.89 Å². The smallest absolute Gasteiger partial charge is 0.258 e. The zero-order valence-electron chi connectivity index (χ0n) is 11.8. The first-order valence-electron chi connectivity index (χ1n) is 6.52. The van der Waals surface area contributed by atoms with Crippen molar-refractivity contribution < 1.29 is 9.26 Å². The van der Waals surface area contributed by atoms with Crippen LogP contribution in [-0.4, -0.2) is 17.3 Å². The van der Waals surface area contributed by atoms with Gasteiger partial charge in [-0.05, 0) is 48.9 Å². The van der Waals surface area contributed by atoms with E-state index in [9.17, 15) is 0 Å². The molecular weight excluding hydrogens is 266 g/mol. The Morgan fingerprint density at radius 2 is 1.86 bits per heavy atom. The van der Waals surface area contributed by atoms with Crippen molar-refractivity contribution in [3.8, 4) is 28.6 Å². The predicted octanol–water partition coefficient (Wildman–Crippen LogP) is 3.30. The number of benzene rings is 2. The molecule has 0 saturated carbocycles. The van der Waals surface area contributed by atoms with Gasteiger partial charge in [0.05, 0.1) is 7.11 Å². The van der Waals surface area contributed by atoms with Crippen molar-refractivity contribution in [1.29, 1.82) is 0 Å². The minimum absolute atomic E-state index is 0.464. The van der Waals surface area contributed by atoms with Crippen LogP contribution in [0.25, 0.3) is 22.8 Å². The zero-order chi connectivity index (χ0) is 14.8. The van der Waals surface area contributed by atoms with Gasteiger partial charge in [-0.1, -0.05) is 11.2 Å². The molecule has 1 heterocycles. The molecule has 21 heavy (non-hydrogen) atoms. The van der Waals surface area contributed by atoms with Crippen LogP contribution < -0.4 is 10.5 Å². The minimum atomic E-state index is 0.464. The maximum Gasteiger partial charge on any atom is 0.258 e. The third kappa shape index (κ3) is 2.58. The molecule has 0 radical (unpaired) electrons. The summed E-state index contributed by atoms with van der Waals surface area (Å²) in [7, 11) is 1.63. The molecule has 0 fully saturated rings. The Morgan fingerprint density at radius 3 is 2.57 bits per heavy atom. The Morgan fingerprint density at radius 1 is 1.10 bits per heavy atom. The summed E-state index contributed by atoms with van der Waals surface area (Å²) in [5.74, 6) is 1.79. The lowest BCUT2D eigenvalue weighted by Gasteiger charge is -2.01. The van der Waals surface area contributed by atoms with E-state index >= 15 is 0 Å². The number of nitrogens with zero attached hydrogens (tertiary/aromatic N) is 2. The number of anilines is 1. The molecular formula is C16H15N3O2. The van der Waals surface area contributed by atoms with Crippen LogP contribution in [0.1, 0.15) is 5.56 Å². The molecule has 0 unspecified atom stereocenters. The van der Waals surface area contributed by atoms with Gasteiger partial charge < -0.3 is 15.0 Å². The van der Waals surface area contributed by atoms with Gasteiger partial charge >= 0.3 is 0 Å². The first-order chi connectivity index (χ1) is 10.2. The number of aromatic nitrogens is 2. The third-order valence-electron chi connectivity index (χ3n) is 3.27. The van der Waals surface area contributed by atoms with Crippen molar-refractivity contribution >= 4 is 5.69 Å². The molecule has 106 valence electrons. The quantitative estimate of drug-likeness (QED) is 0.745. The Hall–Kier alpha value is -2.82. The molecule has 1 aromatic heterocycles. The average Bonchev–Trinajstić information content (AvgIpc) is 2.99. The van der Waals surface area contributed by atoms with Gasteiger partial charge in [-0.2, -0.15) is 4.98 Å². The summed E-state index contributed by atoms with van der Waals surface area (Å²) in [6.07, 6.45) is 0. The largest absolute Gasteiger partial charge is 0.497 e. The van der Waals surface area contributed by atoms with Gasteiger partial charge in [0.1, 0.15) is 5.75 Å². The van der Waals surface area contributed by atoms with Crippen LogP contribution in [-0.2, 0) is 0 Å². The van der Waals surface area contributed by atoms with Crippen molar-refractivity contribution in [2.45, 2.75) is 6.92 Å². The molecule has 3 rings (SSSR count). The first-order valence-corrected chi connectivity index (χ1v) is 6.52. The summed E-state index contributed by atoms with van der Waals surface area (Å²) in [4.78, 5) is 4.43. The summed E-state index contributed by atoms with van der Waals surface area (Å²) >= 11 is 0. The number of rotatable bonds is 3. The second kappa shape index (κ2) is 5.28. The van der Waals surface area contributed by atoms with Crippen molar-refractivity contribution in [3.05, 3.63) is 48.0 Å². The second-order valence-electron chi connectivity index (χ2n) is 4.73. The number of nitrogen functional groups attached to an aromatic ring is 1. The van der Waals surface area contributed by atoms with Crippen LogP contribution in [0.4, 0.5) is 5.69 Å². The van der Waals surface area contributed by atoms with Crippen LogP contribution in [0, 0.1) is 6.92 Å². The molecule has 0 spiro atoms. The topological polar surface area (TPSA) is 74.2 Å². The summed E-state index contributed by atoms with van der Waals surface area (Å²) in [6, 6.07) is 13.1. The van der Waals surface area contributed by atoms with E-state index in [4.69, 9.17) is 15.0 Å². The van der Waals surface area contributed by atoms with Gasteiger partial charge in [0.15, 0.2) is 0 Å². The normalized spacial score (nSPS) is 10.6. The molecule has 0 saturated heterocycles. The number of methoxy groups -OCH3 is 1. The highest BCUT2D eigenvalue weighted by Gasteiger charge is 2.13. The first kappa shape index (κ1) is 13.2. The molecule has 3 aromatic rings. The number of nitrogens with two attached hydrogens (primary N) is 1. The van der Waals surface area contributed by atoms with E-state index in [2.05, 4.69) is 10.1 Å². The monoisotopic (exact) mass is 281 g/mol. The molecule has 2 aromatic carbocycles. The predicted molar refractivity (Wildman–Crippen MR) is 80.9 cm³/mol. The Bertz CT molecular complexity index is 763. The van der Waals surface area contributed by atoms with E-state index < -0.39 is 0 Å². The van der Waals surface area contributed by atoms with E-state index in [-0.39, 0.29) is 0 Å². The SMILES string of the molecule is COc1ccc(-c2noc(-c3cc(N)ccc3C)n2)cc1. The Balaban J connectivity index is 1.97. The fourth-order valence-corrected chi connectivity index (χ4v) is 2.06. The number of aryl methyl sites for hydroxylation is 1. The van der Waals surface area contributed by atoms with E-state index in [0.29, 0.717) is 17.4 Å². The lowest BCUT2D eigenvalue weighted by Crippen LogP contribution is -1.89. The van der Waals surface area contributed by atoms with Gasteiger partial charge in [-0.3, -0.25) is 0 Å². The standard InChI is InChI=1S/C16H15N3O2/c1-10-3-6-12(17)9-14(10)16-18-15(19-21-16)11-4-7-13(20-2)8-5-11/h3-9H,17H2,1-2H3.